The summed E-state index contributed by atoms with van der Waals surface area (Å²) in [7, 11) is 2.05. The molecule has 0 atom stereocenters. The SMILES string of the molecule is Cn1c(CC[NH+]2CCOCC2)nc2cc(NC(=O)COc3ccccc3)ccc21. The zero-order valence-corrected chi connectivity index (χ0v) is 16.7. The number of aromatic nitrogens is 2. The number of para-hydroxylation sites is 1. The normalized spacial score (nSPS) is 14.8. The van der Waals surface area contributed by atoms with Gasteiger partial charge in [0.05, 0.1) is 37.2 Å². The van der Waals surface area contributed by atoms with Gasteiger partial charge in [-0.3, -0.25) is 4.79 Å². The number of morpholine rings is 1. The first-order valence-electron chi connectivity index (χ1n) is 10.0. The maximum atomic E-state index is 12.2. The van der Waals surface area contributed by atoms with E-state index in [1.165, 1.54) is 0 Å². The number of hydrogen-bond acceptors (Lipinski definition) is 4. The van der Waals surface area contributed by atoms with Gasteiger partial charge in [-0.25, -0.2) is 4.98 Å². The predicted molar refractivity (Wildman–Crippen MR) is 111 cm³/mol. The molecule has 7 nitrogen and oxygen atoms in total. The van der Waals surface area contributed by atoms with E-state index in [4.69, 9.17) is 14.5 Å². The maximum Gasteiger partial charge on any atom is 0.262 e. The zero-order valence-electron chi connectivity index (χ0n) is 16.7. The molecule has 2 aromatic carbocycles. The summed E-state index contributed by atoms with van der Waals surface area (Å²) < 4.78 is 13.1. The summed E-state index contributed by atoms with van der Waals surface area (Å²) >= 11 is 0. The van der Waals surface area contributed by atoms with Crippen molar-refractivity contribution in [1.29, 1.82) is 0 Å². The molecule has 1 aliphatic rings. The summed E-state index contributed by atoms with van der Waals surface area (Å²) in [5.74, 6) is 1.55. The van der Waals surface area contributed by atoms with Crippen LogP contribution in [0.25, 0.3) is 11.0 Å². The lowest BCUT2D eigenvalue weighted by molar-refractivity contribution is -0.907. The number of aryl methyl sites for hydroxylation is 1. The van der Waals surface area contributed by atoms with Crippen LogP contribution in [0, 0.1) is 0 Å². The quantitative estimate of drug-likeness (QED) is 0.627. The van der Waals surface area contributed by atoms with Gasteiger partial charge in [-0.15, -0.1) is 0 Å². The van der Waals surface area contributed by atoms with Crippen molar-refractivity contribution >= 4 is 22.6 Å². The molecule has 1 amide bonds. The van der Waals surface area contributed by atoms with Crippen LogP contribution in [-0.4, -0.2) is 54.9 Å². The number of rotatable bonds is 7. The molecule has 1 aromatic heterocycles. The summed E-state index contributed by atoms with van der Waals surface area (Å²) in [5, 5.41) is 2.89. The Kier molecular flexibility index (Phi) is 6.07. The first kappa shape index (κ1) is 19.4. The number of quaternary nitrogens is 1. The number of imidazole rings is 1. The van der Waals surface area contributed by atoms with Crippen LogP contribution in [0.3, 0.4) is 0 Å². The Hall–Kier alpha value is -2.90. The van der Waals surface area contributed by atoms with Crippen LogP contribution < -0.4 is 15.0 Å². The number of carbonyl (C=O) groups is 1. The third kappa shape index (κ3) is 4.93. The van der Waals surface area contributed by atoms with Crippen LogP contribution in [0.4, 0.5) is 5.69 Å². The largest absolute Gasteiger partial charge is 0.484 e. The van der Waals surface area contributed by atoms with Gasteiger partial charge in [0.1, 0.15) is 24.7 Å². The number of nitrogens with zero attached hydrogens (tertiary/aromatic N) is 2. The minimum atomic E-state index is -0.194. The first-order chi connectivity index (χ1) is 14.2. The van der Waals surface area contributed by atoms with Crippen LogP contribution in [0.2, 0.25) is 0 Å². The number of amides is 1. The summed E-state index contributed by atoms with van der Waals surface area (Å²) in [4.78, 5) is 18.6. The van der Waals surface area contributed by atoms with Crippen molar-refractivity contribution in [3.63, 3.8) is 0 Å². The van der Waals surface area contributed by atoms with Gasteiger partial charge in [0, 0.05) is 12.7 Å². The highest BCUT2D eigenvalue weighted by Gasteiger charge is 2.16. The Labute approximate surface area is 170 Å². The number of ether oxygens (including phenoxy) is 2. The standard InChI is InChI=1S/C22H26N4O3/c1-25-20-8-7-17(23-22(27)16-29-18-5-3-2-4-6-18)15-19(20)24-21(25)9-10-26-11-13-28-14-12-26/h2-8,15H,9-14,16H2,1H3,(H,23,27)/p+1. The van der Waals surface area contributed by atoms with E-state index < -0.39 is 0 Å². The molecule has 4 rings (SSSR count). The van der Waals surface area contributed by atoms with Crippen LogP contribution >= 0.6 is 0 Å². The Morgan fingerprint density at radius 3 is 2.79 bits per heavy atom. The highest BCUT2D eigenvalue weighted by molar-refractivity contribution is 5.94. The molecular weight excluding hydrogens is 368 g/mol. The first-order valence-corrected chi connectivity index (χ1v) is 10.0. The predicted octanol–water partition coefficient (Wildman–Crippen LogP) is 1.05. The van der Waals surface area contributed by atoms with E-state index in [0.29, 0.717) is 5.75 Å². The molecule has 0 saturated carbocycles. The van der Waals surface area contributed by atoms with E-state index in [1.54, 1.807) is 4.90 Å². The minimum Gasteiger partial charge on any atom is -0.484 e. The smallest absolute Gasteiger partial charge is 0.262 e. The lowest BCUT2D eigenvalue weighted by Gasteiger charge is -2.23. The zero-order chi connectivity index (χ0) is 20.1. The van der Waals surface area contributed by atoms with Crippen molar-refractivity contribution in [3.8, 4) is 5.75 Å². The third-order valence-electron chi connectivity index (χ3n) is 5.27. The van der Waals surface area contributed by atoms with Crippen molar-refractivity contribution in [2.45, 2.75) is 6.42 Å². The lowest BCUT2D eigenvalue weighted by Crippen LogP contribution is -3.14. The van der Waals surface area contributed by atoms with E-state index in [9.17, 15) is 4.79 Å². The van der Waals surface area contributed by atoms with Gasteiger partial charge in [-0.05, 0) is 30.3 Å². The second-order valence-corrected chi connectivity index (χ2v) is 7.30. The topological polar surface area (TPSA) is 69.8 Å². The number of carbonyl (C=O) groups excluding carboxylic acids is 1. The lowest BCUT2D eigenvalue weighted by atomic mass is 10.2. The molecular formula is C22H27N4O3+. The van der Waals surface area contributed by atoms with Crippen LogP contribution in [-0.2, 0) is 23.0 Å². The van der Waals surface area contributed by atoms with Crippen LogP contribution in [0.5, 0.6) is 5.75 Å². The molecule has 0 radical (unpaired) electrons. The average Bonchev–Trinajstić information content (AvgIpc) is 3.07. The highest BCUT2D eigenvalue weighted by Crippen LogP contribution is 2.20. The number of fused-ring (bicyclic) bond motifs is 1. The van der Waals surface area contributed by atoms with Crippen LogP contribution in [0.15, 0.2) is 48.5 Å². The molecule has 152 valence electrons. The fourth-order valence-corrected chi connectivity index (χ4v) is 3.61. The van der Waals surface area contributed by atoms with E-state index >= 15 is 0 Å². The molecule has 7 heteroatoms. The van der Waals surface area contributed by atoms with Gasteiger partial charge in [-0.2, -0.15) is 0 Å². The van der Waals surface area contributed by atoms with Gasteiger partial charge in [0.15, 0.2) is 6.61 Å². The second kappa shape index (κ2) is 9.07. The van der Waals surface area contributed by atoms with Gasteiger partial charge in [0.2, 0.25) is 0 Å². The number of nitrogens with one attached hydrogen (secondary N) is 2. The van der Waals surface area contributed by atoms with Gasteiger partial charge < -0.3 is 24.3 Å². The molecule has 1 fully saturated rings. The highest BCUT2D eigenvalue weighted by atomic mass is 16.5. The van der Waals surface area contributed by atoms with E-state index in [2.05, 4.69) is 9.88 Å². The number of anilines is 1. The number of benzene rings is 2. The molecule has 3 aromatic rings. The Morgan fingerprint density at radius 1 is 1.21 bits per heavy atom. The molecule has 1 aliphatic heterocycles. The summed E-state index contributed by atoms with van der Waals surface area (Å²) in [5.41, 5.74) is 2.68. The summed E-state index contributed by atoms with van der Waals surface area (Å²) in [6.07, 6.45) is 0.924. The van der Waals surface area contributed by atoms with Crippen LogP contribution in [0.1, 0.15) is 5.82 Å². The van der Waals surface area contributed by atoms with Gasteiger partial charge >= 0.3 is 0 Å². The Bertz CT molecular complexity index is 965. The fourth-order valence-electron chi connectivity index (χ4n) is 3.61. The minimum absolute atomic E-state index is 0.0299. The molecule has 1 saturated heterocycles. The maximum absolute atomic E-state index is 12.2. The Balaban J connectivity index is 1.37. The average molecular weight is 395 g/mol. The Morgan fingerprint density at radius 2 is 2.00 bits per heavy atom. The molecule has 0 aliphatic carbocycles. The molecule has 29 heavy (non-hydrogen) atoms. The molecule has 0 spiro atoms. The monoisotopic (exact) mass is 395 g/mol. The van der Waals surface area contributed by atoms with Crippen molar-refractivity contribution in [2.75, 3.05) is 44.8 Å². The van der Waals surface area contributed by atoms with E-state index in [1.807, 2.05) is 55.6 Å². The summed E-state index contributed by atoms with van der Waals surface area (Å²) in [6, 6.07) is 15.1. The molecule has 0 bridgehead atoms. The van der Waals surface area contributed by atoms with Gasteiger partial charge in [-0.1, -0.05) is 18.2 Å². The van der Waals surface area contributed by atoms with E-state index in [0.717, 1.165) is 61.8 Å². The van der Waals surface area contributed by atoms with Crippen molar-refractivity contribution in [2.24, 2.45) is 7.05 Å². The summed E-state index contributed by atoms with van der Waals surface area (Å²) in [6.45, 7) is 4.83. The molecule has 0 unspecified atom stereocenters. The molecule has 2 heterocycles. The fraction of sp³-hybridized carbons (Fsp3) is 0.364. The van der Waals surface area contributed by atoms with Crippen molar-refractivity contribution < 1.29 is 19.2 Å². The van der Waals surface area contributed by atoms with E-state index in [-0.39, 0.29) is 12.5 Å². The number of hydrogen-bond donors (Lipinski definition) is 2. The van der Waals surface area contributed by atoms with Crippen molar-refractivity contribution in [3.05, 3.63) is 54.4 Å². The molecule has 2 N–H and O–H groups in total. The third-order valence-corrected chi connectivity index (χ3v) is 5.27. The second-order valence-electron chi connectivity index (χ2n) is 7.30. The van der Waals surface area contributed by atoms with Gasteiger partial charge in [0.25, 0.3) is 5.91 Å². The van der Waals surface area contributed by atoms with Crippen molar-refractivity contribution in [1.82, 2.24) is 9.55 Å².